The van der Waals surface area contributed by atoms with Crippen molar-refractivity contribution in [3.63, 3.8) is 0 Å². The van der Waals surface area contributed by atoms with E-state index in [1.54, 1.807) is 11.0 Å². The molecule has 1 fully saturated rings. The summed E-state index contributed by atoms with van der Waals surface area (Å²) >= 11 is 0. The number of rotatable bonds is 5. The summed E-state index contributed by atoms with van der Waals surface area (Å²) in [7, 11) is 0. The van der Waals surface area contributed by atoms with Gasteiger partial charge < -0.3 is 14.2 Å². The van der Waals surface area contributed by atoms with Gasteiger partial charge in [-0.15, -0.1) is 0 Å². The van der Waals surface area contributed by atoms with Crippen molar-refractivity contribution in [2.24, 2.45) is 0 Å². The van der Waals surface area contributed by atoms with Crippen molar-refractivity contribution in [3.8, 4) is 17.1 Å². The Morgan fingerprint density at radius 2 is 1.97 bits per heavy atom. The Labute approximate surface area is 170 Å². The number of alkyl halides is 3. The summed E-state index contributed by atoms with van der Waals surface area (Å²) in [6.45, 7) is 2.64. The molecule has 6 nitrogen and oxygen atoms in total. The highest BCUT2D eigenvalue weighted by molar-refractivity contribution is 5.78. The van der Waals surface area contributed by atoms with Crippen molar-refractivity contribution in [3.05, 3.63) is 65.5 Å². The molecule has 2 heterocycles. The first-order chi connectivity index (χ1) is 14.3. The number of hydrogen-bond donors (Lipinski definition) is 0. The van der Waals surface area contributed by atoms with Crippen LogP contribution in [0.3, 0.4) is 0 Å². The number of carbonyl (C=O) groups is 1. The van der Waals surface area contributed by atoms with Crippen LogP contribution in [0.25, 0.3) is 11.4 Å². The van der Waals surface area contributed by atoms with Gasteiger partial charge in [-0.1, -0.05) is 29.4 Å². The highest BCUT2D eigenvalue weighted by Gasteiger charge is 2.36. The highest BCUT2D eigenvalue weighted by Crippen LogP contribution is 2.32. The normalized spacial score (nSPS) is 14.5. The third-order valence-electron chi connectivity index (χ3n) is 4.83. The van der Waals surface area contributed by atoms with Gasteiger partial charge in [-0.25, -0.2) is 0 Å². The number of ether oxygens (including phenoxy) is 1. The van der Waals surface area contributed by atoms with E-state index in [0.717, 1.165) is 17.7 Å². The zero-order valence-corrected chi connectivity index (χ0v) is 16.0. The Bertz CT molecular complexity index is 1060. The van der Waals surface area contributed by atoms with Crippen LogP contribution in [-0.2, 0) is 11.0 Å². The van der Waals surface area contributed by atoms with Crippen LogP contribution in [0.4, 0.5) is 13.2 Å². The molecule has 0 saturated carbocycles. The lowest BCUT2D eigenvalue weighted by Gasteiger charge is -2.36. The summed E-state index contributed by atoms with van der Waals surface area (Å²) in [6.07, 6.45) is -4.45. The molecule has 30 heavy (non-hydrogen) atoms. The molecule has 3 aromatic rings. The first kappa shape index (κ1) is 19.9. The van der Waals surface area contributed by atoms with Crippen LogP contribution in [0.1, 0.15) is 22.9 Å². The van der Waals surface area contributed by atoms with Crippen molar-refractivity contribution in [2.75, 3.05) is 19.7 Å². The van der Waals surface area contributed by atoms with Gasteiger partial charge in [0.05, 0.1) is 11.5 Å². The van der Waals surface area contributed by atoms with Crippen molar-refractivity contribution < 1.29 is 27.2 Å². The molecule has 0 bridgehead atoms. The number of nitrogens with zero attached hydrogens (tertiary/aromatic N) is 3. The number of benzene rings is 2. The molecular weight excluding hydrogens is 399 g/mol. The second-order valence-electron chi connectivity index (χ2n) is 7.14. The maximum atomic E-state index is 12.9. The van der Waals surface area contributed by atoms with Crippen molar-refractivity contribution in [1.29, 1.82) is 0 Å². The third kappa shape index (κ3) is 4.29. The summed E-state index contributed by atoms with van der Waals surface area (Å²) in [4.78, 5) is 18.1. The molecule has 1 aliphatic heterocycles. The predicted molar refractivity (Wildman–Crippen MR) is 101 cm³/mol. The lowest BCUT2D eigenvalue weighted by atomic mass is 10.00. The second-order valence-corrected chi connectivity index (χ2v) is 7.14. The fourth-order valence-electron chi connectivity index (χ4n) is 3.13. The van der Waals surface area contributed by atoms with Gasteiger partial charge in [0.15, 0.2) is 6.61 Å². The number of carbonyl (C=O) groups excluding carboxylic acids is 1. The summed E-state index contributed by atoms with van der Waals surface area (Å²) < 4.78 is 49.4. The molecular formula is C21H18F3N3O3. The average Bonchev–Trinajstić information content (AvgIpc) is 3.14. The Morgan fingerprint density at radius 3 is 2.70 bits per heavy atom. The Hall–Kier alpha value is -3.36. The lowest BCUT2D eigenvalue weighted by molar-refractivity contribution is -0.138. The zero-order chi connectivity index (χ0) is 21.3. The topological polar surface area (TPSA) is 68.5 Å². The van der Waals surface area contributed by atoms with E-state index in [1.807, 2.05) is 25.1 Å². The second kappa shape index (κ2) is 7.81. The van der Waals surface area contributed by atoms with Crippen molar-refractivity contribution >= 4 is 5.91 Å². The third-order valence-corrected chi connectivity index (χ3v) is 4.83. The van der Waals surface area contributed by atoms with Crippen LogP contribution >= 0.6 is 0 Å². The number of aromatic nitrogens is 2. The van der Waals surface area contributed by atoms with E-state index in [2.05, 4.69) is 10.1 Å². The number of likely N-dealkylation sites (tertiary alicyclic amines) is 1. The smallest absolute Gasteiger partial charge is 0.416 e. The van der Waals surface area contributed by atoms with E-state index in [0.29, 0.717) is 24.7 Å². The van der Waals surface area contributed by atoms with Crippen LogP contribution in [0, 0.1) is 6.92 Å². The molecule has 1 aliphatic rings. The number of aryl methyl sites for hydroxylation is 1. The summed E-state index contributed by atoms with van der Waals surface area (Å²) in [5, 5.41) is 3.79. The van der Waals surface area contributed by atoms with Crippen molar-refractivity contribution in [1.82, 2.24) is 15.0 Å². The summed E-state index contributed by atoms with van der Waals surface area (Å²) in [5.41, 5.74) is 0.482. The molecule has 0 unspecified atom stereocenters. The molecule has 1 amide bonds. The van der Waals surface area contributed by atoms with Gasteiger partial charge in [-0.05, 0) is 36.8 Å². The lowest BCUT2D eigenvalue weighted by Crippen LogP contribution is -2.50. The Balaban J connectivity index is 1.33. The average molecular weight is 417 g/mol. The predicted octanol–water partition coefficient (Wildman–Crippen LogP) is 4.07. The highest BCUT2D eigenvalue weighted by atomic mass is 19.4. The fourth-order valence-corrected chi connectivity index (χ4v) is 3.13. The number of amides is 1. The standard InChI is InChI=1S/C21H18F3N3O3/c1-13-4-2-7-17(8-13)29-12-18(28)27-10-15(11-27)20-25-19(26-30-20)14-5-3-6-16(9-14)21(22,23)24/h2-9,15H,10-12H2,1H3. The summed E-state index contributed by atoms with van der Waals surface area (Å²) in [6, 6.07) is 12.2. The minimum Gasteiger partial charge on any atom is -0.484 e. The molecule has 156 valence electrons. The molecule has 1 aromatic heterocycles. The van der Waals surface area contributed by atoms with Gasteiger partial charge in [0.1, 0.15) is 5.75 Å². The molecule has 0 aliphatic carbocycles. The molecule has 2 aromatic carbocycles. The molecule has 0 atom stereocenters. The van der Waals surface area contributed by atoms with Crippen LogP contribution in [-0.4, -0.2) is 40.6 Å². The van der Waals surface area contributed by atoms with Crippen LogP contribution < -0.4 is 4.74 Å². The minimum atomic E-state index is -4.45. The quantitative estimate of drug-likeness (QED) is 0.626. The van der Waals surface area contributed by atoms with E-state index < -0.39 is 11.7 Å². The fraction of sp³-hybridized carbons (Fsp3) is 0.286. The van der Waals surface area contributed by atoms with E-state index in [-0.39, 0.29) is 29.8 Å². The SMILES string of the molecule is Cc1cccc(OCC(=O)N2CC(c3nc(-c4cccc(C(F)(F)F)c4)no3)C2)c1. The van der Waals surface area contributed by atoms with Gasteiger partial charge in [-0.2, -0.15) is 18.2 Å². The zero-order valence-electron chi connectivity index (χ0n) is 16.0. The Morgan fingerprint density at radius 1 is 1.20 bits per heavy atom. The maximum absolute atomic E-state index is 12.9. The first-order valence-electron chi connectivity index (χ1n) is 9.28. The van der Waals surface area contributed by atoms with Crippen LogP contribution in [0.15, 0.2) is 53.1 Å². The van der Waals surface area contributed by atoms with Crippen LogP contribution in [0.5, 0.6) is 5.75 Å². The summed E-state index contributed by atoms with van der Waals surface area (Å²) in [5.74, 6) is 0.697. The molecule has 1 saturated heterocycles. The molecule has 9 heteroatoms. The van der Waals surface area contributed by atoms with Crippen LogP contribution in [0.2, 0.25) is 0 Å². The van der Waals surface area contributed by atoms with E-state index in [1.165, 1.54) is 12.1 Å². The molecule has 0 N–H and O–H groups in total. The van der Waals surface area contributed by atoms with Gasteiger partial charge in [-0.3, -0.25) is 4.79 Å². The maximum Gasteiger partial charge on any atom is 0.416 e. The van der Waals surface area contributed by atoms with E-state index in [4.69, 9.17) is 9.26 Å². The first-order valence-corrected chi connectivity index (χ1v) is 9.28. The van der Waals surface area contributed by atoms with Crippen molar-refractivity contribution in [2.45, 2.75) is 19.0 Å². The molecule has 0 radical (unpaired) electrons. The molecule has 4 rings (SSSR count). The molecule has 0 spiro atoms. The van der Waals surface area contributed by atoms with Gasteiger partial charge in [0.25, 0.3) is 5.91 Å². The number of halogens is 3. The minimum absolute atomic E-state index is 0.0739. The van der Waals surface area contributed by atoms with E-state index >= 15 is 0 Å². The van der Waals surface area contributed by atoms with E-state index in [9.17, 15) is 18.0 Å². The number of hydrogen-bond acceptors (Lipinski definition) is 5. The van der Waals surface area contributed by atoms with Gasteiger partial charge in [0.2, 0.25) is 11.7 Å². The largest absolute Gasteiger partial charge is 0.484 e. The Kier molecular flexibility index (Phi) is 5.19. The monoisotopic (exact) mass is 417 g/mol. The van der Waals surface area contributed by atoms with Gasteiger partial charge >= 0.3 is 6.18 Å². The van der Waals surface area contributed by atoms with Gasteiger partial charge in [0, 0.05) is 18.7 Å².